The molecule has 0 saturated carbocycles. The van der Waals surface area contributed by atoms with Crippen LogP contribution in [-0.4, -0.2) is 47.9 Å². The van der Waals surface area contributed by atoms with Crippen molar-refractivity contribution in [2.45, 2.75) is 51.5 Å². The zero-order valence-corrected chi connectivity index (χ0v) is 14.7. The Kier molecular flexibility index (Phi) is 5.88. The highest BCUT2D eigenvalue weighted by Crippen LogP contribution is 2.24. The van der Waals surface area contributed by atoms with E-state index in [1.807, 2.05) is 11.0 Å². The highest BCUT2D eigenvalue weighted by Gasteiger charge is 2.29. The second kappa shape index (κ2) is 8.11. The molecule has 3 rings (SSSR count). The lowest BCUT2D eigenvalue weighted by atomic mass is 9.89. The Morgan fingerprint density at radius 3 is 2.54 bits per heavy atom. The Labute approximate surface area is 144 Å². The molecule has 1 aromatic carbocycles. The van der Waals surface area contributed by atoms with Crippen molar-refractivity contribution >= 4 is 5.91 Å². The number of likely N-dealkylation sites (tertiary alicyclic amines) is 2. The Morgan fingerprint density at radius 2 is 1.88 bits per heavy atom. The summed E-state index contributed by atoms with van der Waals surface area (Å²) in [7, 11) is 0. The second-order valence-electron chi connectivity index (χ2n) is 7.38. The Morgan fingerprint density at radius 1 is 1.17 bits per heavy atom. The van der Waals surface area contributed by atoms with E-state index in [2.05, 4.69) is 11.8 Å². The van der Waals surface area contributed by atoms with Gasteiger partial charge in [0.05, 0.1) is 6.04 Å². The number of benzene rings is 1. The summed E-state index contributed by atoms with van der Waals surface area (Å²) in [5.41, 5.74) is 1.09. The molecule has 1 aromatic rings. The number of hydrogen-bond donors (Lipinski definition) is 0. The fourth-order valence-electron chi connectivity index (χ4n) is 4.08. The minimum Gasteiger partial charge on any atom is -0.341 e. The molecule has 24 heavy (non-hydrogen) atoms. The maximum absolute atomic E-state index is 13.3. The lowest BCUT2D eigenvalue weighted by Crippen LogP contribution is -2.50. The van der Waals surface area contributed by atoms with E-state index in [1.165, 1.54) is 12.5 Å². The molecule has 1 atom stereocenters. The van der Waals surface area contributed by atoms with Gasteiger partial charge in [-0.2, -0.15) is 0 Å². The number of carbonyl (C=O) groups is 1. The SMILES string of the molecule is CC(C(=O)N1CCCCC1)N1CCC(Cc2cccc(F)c2)CC1. The van der Waals surface area contributed by atoms with Gasteiger partial charge in [0.2, 0.25) is 5.91 Å². The van der Waals surface area contributed by atoms with Crippen LogP contribution in [0.4, 0.5) is 4.39 Å². The van der Waals surface area contributed by atoms with Crippen LogP contribution in [0.3, 0.4) is 0 Å². The Bertz CT molecular complexity index is 548. The number of halogens is 1. The molecule has 0 aromatic heterocycles. The summed E-state index contributed by atoms with van der Waals surface area (Å²) >= 11 is 0. The summed E-state index contributed by atoms with van der Waals surface area (Å²) in [6.45, 7) is 5.86. The van der Waals surface area contributed by atoms with Crippen LogP contribution in [0.5, 0.6) is 0 Å². The first-order valence-corrected chi connectivity index (χ1v) is 9.41. The van der Waals surface area contributed by atoms with Crippen molar-refractivity contribution in [2.24, 2.45) is 5.92 Å². The molecule has 0 radical (unpaired) electrons. The predicted molar refractivity (Wildman–Crippen MR) is 94.3 cm³/mol. The summed E-state index contributed by atoms with van der Waals surface area (Å²) in [4.78, 5) is 17.0. The fourth-order valence-corrected chi connectivity index (χ4v) is 4.08. The van der Waals surface area contributed by atoms with Crippen LogP contribution in [0.15, 0.2) is 24.3 Å². The number of carbonyl (C=O) groups excluding carboxylic acids is 1. The molecule has 2 heterocycles. The van der Waals surface area contributed by atoms with Gasteiger partial charge in [0.1, 0.15) is 5.82 Å². The van der Waals surface area contributed by atoms with E-state index in [4.69, 9.17) is 0 Å². The minimum absolute atomic E-state index is 0.00165. The van der Waals surface area contributed by atoms with E-state index >= 15 is 0 Å². The first-order chi connectivity index (χ1) is 11.6. The molecular formula is C20H29FN2O. The molecule has 3 nitrogen and oxygen atoms in total. The topological polar surface area (TPSA) is 23.6 Å². The standard InChI is InChI=1S/C20H29FN2O/c1-16(20(24)23-10-3-2-4-11-23)22-12-8-17(9-13-22)14-18-6-5-7-19(21)15-18/h5-7,15-17H,2-4,8-14H2,1H3. The van der Waals surface area contributed by atoms with Crippen molar-refractivity contribution in [2.75, 3.05) is 26.2 Å². The van der Waals surface area contributed by atoms with E-state index < -0.39 is 0 Å². The molecule has 0 bridgehead atoms. The summed E-state index contributed by atoms with van der Waals surface area (Å²) in [5.74, 6) is 0.754. The molecule has 2 saturated heterocycles. The van der Waals surface area contributed by atoms with Crippen LogP contribution in [0, 0.1) is 11.7 Å². The average Bonchev–Trinajstić information content (AvgIpc) is 2.62. The zero-order valence-electron chi connectivity index (χ0n) is 14.7. The molecular weight excluding hydrogens is 303 g/mol. The first-order valence-electron chi connectivity index (χ1n) is 9.41. The lowest BCUT2D eigenvalue weighted by Gasteiger charge is -2.38. The number of rotatable bonds is 4. The van der Waals surface area contributed by atoms with Gasteiger partial charge in [0, 0.05) is 13.1 Å². The molecule has 2 fully saturated rings. The number of nitrogens with zero attached hydrogens (tertiary/aromatic N) is 2. The maximum atomic E-state index is 13.3. The number of piperidine rings is 2. The third-order valence-corrected chi connectivity index (χ3v) is 5.64. The minimum atomic E-state index is -0.148. The second-order valence-corrected chi connectivity index (χ2v) is 7.38. The van der Waals surface area contributed by atoms with Crippen molar-refractivity contribution in [3.63, 3.8) is 0 Å². The van der Waals surface area contributed by atoms with Gasteiger partial charge < -0.3 is 4.90 Å². The molecule has 4 heteroatoms. The Hall–Kier alpha value is -1.42. The summed E-state index contributed by atoms with van der Waals surface area (Å²) < 4.78 is 13.3. The van der Waals surface area contributed by atoms with Crippen LogP contribution < -0.4 is 0 Å². The third kappa shape index (κ3) is 4.35. The maximum Gasteiger partial charge on any atom is 0.239 e. The van der Waals surface area contributed by atoms with E-state index in [1.54, 1.807) is 12.1 Å². The molecule has 0 spiro atoms. The van der Waals surface area contributed by atoms with Crippen LogP contribution in [0.2, 0.25) is 0 Å². The summed E-state index contributed by atoms with van der Waals surface area (Å²) in [6.07, 6.45) is 6.67. The summed E-state index contributed by atoms with van der Waals surface area (Å²) in [6, 6.07) is 6.95. The van der Waals surface area contributed by atoms with E-state index in [9.17, 15) is 9.18 Å². The monoisotopic (exact) mass is 332 g/mol. The van der Waals surface area contributed by atoms with Crippen LogP contribution in [0.25, 0.3) is 0 Å². The van der Waals surface area contributed by atoms with Crippen molar-refractivity contribution in [1.29, 1.82) is 0 Å². The predicted octanol–water partition coefficient (Wildman–Crippen LogP) is 3.48. The molecule has 1 unspecified atom stereocenters. The van der Waals surface area contributed by atoms with Gasteiger partial charge in [-0.05, 0) is 82.2 Å². The Balaban J connectivity index is 1.48. The van der Waals surface area contributed by atoms with E-state index in [0.29, 0.717) is 11.8 Å². The van der Waals surface area contributed by atoms with E-state index in [-0.39, 0.29) is 11.9 Å². The zero-order chi connectivity index (χ0) is 16.9. The first kappa shape index (κ1) is 17.4. The van der Waals surface area contributed by atoms with Crippen LogP contribution >= 0.6 is 0 Å². The molecule has 2 aliphatic rings. The normalized spacial score (nSPS) is 21.7. The van der Waals surface area contributed by atoms with Gasteiger partial charge >= 0.3 is 0 Å². The van der Waals surface area contributed by atoms with Crippen LogP contribution in [0.1, 0.15) is 44.6 Å². The van der Waals surface area contributed by atoms with Crippen molar-refractivity contribution < 1.29 is 9.18 Å². The quantitative estimate of drug-likeness (QED) is 0.843. The average molecular weight is 332 g/mol. The fraction of sp³-hybridized carbons (Fsp3) is 0.650. The molecule has 132 valence electrons. The highest BCUT2D eigenvalue weighted by molar-refractivity contribution is 5.81. The van der Waals surface area contributed by atoms with Gasteiger partial charge in [-0.1, -0.05) is 12.1 Å². The van der Waals surface area contributed by atoms with Gasteiger partial charge in [-0.25, -0.2) is 4.39 Å². The summed E-state index contributed by atoms with van der Waals surface area (Å²) in [5, 5.41) is 0. The van der Waals surface area contributed by atoms with Crippen LogP contribution in [-0.2, 0) is 11.2 Å². The van der Waals surface area contributed by atoms with Crippen molar-refractivity contribution in [1.82, 2.24) is 9.80 Å². The van der Waals surface area contributed by atoms with E-state index in [0.717, 1.165) is 63.8 Å². The molecule has 0 aliphatic carbocycles. The van der Waals surface area contributed by atoms with Gasteiger partial charge in [0.25, 0.3) is 0 Å². The molecule has 2 aliphatic heterocycles. The molecule has 0 N–H and O–H groups in total. The lowest BCUT2D eigenvalue weighted by molar-refractivity contribution is -0.137. The van der Waals surface area contributed by atoms with Gasteiger partial charge in [-0.3, -0.25) is 9.69 Å². The van der Waals surface area contributed by atoms with Crippen molar-refractivity contribution in [3.05, 3.63) is 35.6 Å². The molecule has 1 amide bonds. The smallest absolute Gasteiger partial charge is 0.239 e. The van der Waals surface area contributed by atoms with Gasteiger partial charge in [-0.15, -0.1) is 0 Å². The third-order valence-electron chi connectivity index (χ3n) is 5.64. The van der Waals surface area contributed by atoms with Gasteiger partial charge in [0.15, 0.2) is 0 Å². The highest BCUT2D eigenvalue weighted by atomic mass is 19.1. The van der Waals surface area contributed by atoms with Crippen molar-refractivity contribution in [3.8, 4) is 0 Å². The number of hydrogen-bond acceptors (Lipinski definition) is 2. The largest absolute Gasteiger partial charge is 0.341 e. The number of amides is 1.